The molecule has 0 spiro atoms. The lowest BCUT2D eigenvalue weighted by Crippen LogP contribution is -2.33. The van der Waals surface area contributed by atoms with Crippen molar-refractivity contribution in [3.63, 3.8) is 0 Å². The summed E-state index contributed by atoms with van der Waals surface area (Å²) in [5.41, 5.74) is 11.7. The lowest BCUT2D eigenvalue weighted by molar-refractivity contribution is 0.0938. The number of hydrogen-bond acceptors (Lipinski definition) is 4. The molecule has 1 amide bonds. The van der Waals surface area contributed by atoms with Crippen molar-refractivity contribution in [3.05, 3.63) is 83.6 Å². The maximum absolute atomic E-state index is 13.0. The summed E-state index contributed by atoms with van der Waals surface area (Å²) in [6.45, 7) is 0.291. The van der Waals surface area contributed by atoms with Crippen molar-refractivity contribution in [3.8, 4) is 16.9 Å². The van der Waals surface area contributed by atoms with Gasteiger partial charge in [0.05, 0.1) is 18.7 Å². The molecule has 32 heavy (non-hydrogen) atoms. The summed E-state index contributed by atoms with van der Waals surface area (Å²) in [5.74, 6) is 1.17. The maximum Gasteiger partial charge on any atom is 0.251 e. The van der Waals surface area contributed by atoms with E-state index in [9.17, 15) is 4.79 Å². The van der Waals surface area contributed by atoms with Gasteiger partial charge in [-0.15, -0.1) is 0 Å². The zero-order valence-electron chi connectivity index (χ0n) is 18.0. The fourth-order valence-corrected chi connectivity index (χ4v) is 4.11. The first-order valence-electron chi connectivity index (χ1n) is 10.9. The Balaban J connectivity index is 1.40. The average molecular weight is 427 g/mol. The van der Waals surface area contributed by atoms with Crippen LogP contribution in [0.25, 0.3) is 22.0 Å². The first kappa shape index (κ1) is 20.3. The van der Waals surface area contributed by atoms with Gasteiger partial charge in [-0.05, 0) is 65.9 Å². The van der Waals surface area contributed by atoms with E-state index in [0.717, 1.165) is 28.0 Å². The van der Waals surface area contributed by atoms with Crippen molar-refractivity contribution in [2.24, 2.45) is 5.73 Å². The molecule has 1 heterocycles. The van der Waals surface area contributed by atoms with Crippen molar-refractivity contribution in [1.29, 1.82) is 0 Å². The van der Waals surface area contributed by atoms with Crippen molar-refractivity contribution in [1.82, 2.24) is 15.5 Å². The number of carbonyl (C=O) groups excluding carboxylic acids is 1. The van der Waals surface area contributed by atoms with Gasteiger partial charge in [-0.1, -0.05) is 30.3 Å². The van der Waals surface area contributed by atoms with E-state index in [-0.39, 0.29) is 11.9 Å². The van der Waals surface area contributed by atoms with Crippen LogP contribution in [0.5, 0.6) is 5.75 Å². The molecule has 1 unspecified atom stereocenters. The number of methoxy groups -OCH3 is 1. The third-order valence-electron chi connectivity index (χ3n) is 6.06. The van der Waals surface area contributed by atoms with Gasteiger partial charge in [0.15, 0.2) is 0 Å². The topological polar surface area (TPSA) is 93.0 Å². The van der Waals surface area contributed by atoms with E-state index >= 15 is 0 Å². The number of ether oxygens (including phenoxy) is 1. The molecule has 1 atom stereocenters. The highest BCUT2D eigenvalue weighted by Gasteiger charge is 2.27. The first-order valence-corrected chi connectivity index (χ1v) is 10.9. The smallest absolute Gasteiger partial charge is 0.251 e. The molecule has 0 bridgehead atoms. The minimum Gasteiger partial charge on any atom is -0.497 e. The van der Waals surface area contributed by atoms with Crippen molar-refractivity contribution >= 4 is 16.8 Å². The summed E-state index contributed by atoms with van der Waals surface area (Å²) < 4.78 is 5.30. The summed E-state index contributed by atoms with van der Waals surface area (Å²) in [6.07, 6.45) is 2.43. The molecule has 1 aliphatic rings. The normalized spacial score (nSPS) is 14.3. The second-order valence-corrected chi connectivity index (χ2v) is 8.26. The van der Waals surface area contributed by atoms with E-state index in [4.69, 9.17) is 10.5 Å². The van der Waals surface area contributed by atoms with E-state index in [1.54, 1.807) is 7.11 Å². The molecule has 6 nitrogen and oxygen atoms in total. The minimum atomic E-state index is -0.301. The second kappa shape index (κ2) is 8.48. The van der Waals surface area contributed by atoms with Crippen molar-refractivity contribution < 1.29 is 9.53 Å². The number of hydrogen-bond donors (Lipinski definition) is 3. The van der Waals surface area contributed by atoms with Crippen LogP contribution in [0.3, 0.4) is 0 Å². The van der Waals surface area contributed by atoms with Gasteiger partial charge in [0.25, 0.3) is 5.91 Å². The van der Waals surface area contributed by atoms with Gasteiger partial charge in [-0.25, -0.2) is 0 Å². The van der Waals surface area contributed by atoms with Gasteiger partial charge in [0, 0.05) is 29.1 Å². The van der Waals surface area contributed by atoms with E-state index in [1.165, 1.54) is 23.9 Å². The fourth-order valence-electron chi connectivity index (χ4n) is 4.11. The van der Waals surface area contributed by atoms with Gasteiger partial charge in [-0.3, -0.25) is 9.89 Å². The van der Waals surface area contributed by atoms with Crippen LogP contribution < -0.4 is 15.8 Å². The lowest BCUT2D eigenvalue weighted by atomic mass is 10.00. The number of H-pyrrole nitrogens is 1. The Kier molecular flexibility index (Phi) is 5.37. The number of carbonyl (C=O) groups is 1. The predicted octanol–water partition coefficient (Wildman–Crippen LogP) is 4.55. The molecule has 0 aliphatic heterocycles. The van der Waals surface area contributed by atoms with Crippen LogP contribution in [0, 0.1) is 0 Å². The summed E-state index contributed by atoms with van der Waals surface area (Å²) in [7, 11) is 1.62. The molecule has 5 rings (SSSR count). The number of benzene rings is 3. The highest BCUT2D eigenvalue weighted by Crippen LogP contribution is 2.42. The van der Waals surface area contributed by atoms with Gasteiger partial charge in [0.2, 0.25) is 0 Å². The van der Waals surface area contributed by atoms with Crippen LogP contribution in [0.2, 0.25) is 0 Å². The van der Waals surface area contributed by atoms with Gasteiger partial charge in [-0.2, -0.15) is 5.10 Å². The Morgan fingerprint density at radius 2 is 1.94 bits per heavy atom. The number of aromatic amines is 1. The largest absolute Gasteiger partial charge is 0.497 e. The Bertz CT molecular complexity index is 1280. The Labute approximate surface area is 186 Å². The molecule has 162 valence electrons. The van der Waals surface area contributed by atoms with Crippen LogP contribution in [0.15, 0.2) is 66.7 Å². The van der Waals surface area contributed by atoms with Crippen LogP contribution in [0.4, 0.5) is 0 Å². The molecule has 3 aromatic carbocycles. The number of nitrogens with zero attached hydrogens (tertiary/aromatic N) is 1. The molecule has 0 radical (unpaired) electrons. The number of fused-ring (bicyclic) bond motifs is 1. The molecular formula is C26H26N4O2. The Morgan fingerprint density at radius 3 is 2.72 bits per heavy atom. The van der Waals surface area contributed by atoms with Crippen LogP contribution in [-0.2, 0) is 0 Å². The molecule has 0 saturated heterocycles. The summed E-state index contributed by atoms with van der Waals surface area (Å²) >= 11 is 0. The molecule has 1 fully saturated rings. The third kappa shape index (κ3) is 3.97. The average Bonchev–Trinajstić information content (AvgIpc) is 3.60. The van der Waals surface area contributed by atoms with Crippen molar-refractivity contribution in [2.45, 2.75) is 24.8 Å². The monoisotopic (exact) mass is 426 g/mol. The minimum absolute atomic E-state index is 0.159. The quantitative estimate of drug-likeness (QED) is 0.404. The zero-order chi connectivity index (χ0) is 22.1. The van der Waals surface area contributed by atoms with Crippen LogP contribution in [-0.4, -0.2) is 29.8 Å². The second-order valence-electron chi connectivity index (χ2n) is 8.26. The SMILES string of the molecule is COc1cccc(C(CN)NC(=O)c2cccc(-c3ccc4n[nH]c(C5CC5)c4c3)c2)c1. The molecule has 6 heteroatoms. The Morgan fingerprint density at radius 1 is 1.12 bits per heavy atom. The standard InChI is InChI=1S/C26H26N4O2/c1-32-21-7-3-5-19(13-21)24(15-27)28-26(31)20-6-2-4-17(12-20)18-10-11-23-22(14-18)25(30-29-23)16-8-9-16/h2-7,10-14,16,24H,8-9,15,27H2,1H3,(H,28,31)(H,29,30). The summed E-state index contributed by atoms with van der Waals surface area (Å²) in [4.78, 5) is 13.0. The molecule has 1 aromatic heterocycles. The highest BCUT2D eigenvalue weighted by atomic mass is 16.5. The van der Waals surface area contributed by atoms with E-state index in [2.05, 4.69) is 27.6 Å². The number of aromatic nitrogens is 2. The Hall–Kier alpha value is -3.64. The number of rotatable bonds is 7. The fraction of sp³-hybridized carbons (Fsp3) is 0.231. The molecule has 4 N–H and O–H groups in total. The summed E-state index contributed by atoms with van der Waals surface area (Å²) in [5, 5.41) is 11.9. The number of nitrogens with one attached hydrogen (secondary N) is 2. The first-order chi connectivity index (χ1) is 15.7. The van der Waals surface area contributed by atoms with Gasteiger partial charge in [0.1, 0.15) is 5.75 Å². The summed E-state index contributed by atoms with van der Waals surface area (Å²) in [6, 6.07) is 21.2. The van der Waals surface area contributed by atoms with Gasteiger partial charge >= 0.3 is 0 Å². The molecular weight excluding hydrogens is 400 g/mol. The number of nitrogens with two attached hydrogens (primary N) is 1. The maximum atomic E-state index is 13.0. The van der Waals surface area contributed by atoms with E-state index < -0.39 is 0 Å². The molecule has 1 saturated carbocycles. The molecule has 1 aliphatic carbocycles. The third-order valence-corrected chi connectivity index (χ3v) is 6.06. The number of amides is 1. The van der Waals surface area contributed by atoms with Crippen LogP contribution in [0.1, 0.15) is 46.4 Å². The zero-order valence-corrected chi connectivity index (χ0v) is 18.0. The van der Waals surface area contributed by atoms with E-state index in [0.29, 0.717) is 18.0 Å². The lowest BCUT2D eigenvalue weighted by Gasteiger charge is -2.18. The molecule has 4 aromatic rings. The van der Waals surface area contributed by atoms with Crippen LogP contribution >= 0.6 is 0 Å². The van der Waals surface area contributed by atoms with Gasteiger partial charge < -0.3 is 15.8 Å². The highest BCUT2D eigenvalue weighted by molar-refractivity contribution is 5.96. The predicted molar refractivity (Wildman–Crippen MR) is 126 cm³/mol. The van der Waals surface area contributed by atoms with E-state index in [1.807, 2.05) is 54.6 Å². The van der Waals surface area contributed by atoms with Crippen molar-refractivity contribution in [2.75, 3.05) is 13.7 Å².